The molecule has 1 aromatic rings. The Balaban J connectivity index is 3.37. The Kier molecular flexibility index (Phi) is 6.00. The summed E-state index contributed by atoms with van der Waals surface area (Å²) >= 11 is 0. The molecule has 25 heavy (non-hydrogen) atoms. The third kappa shape index (κ3) is 5.31. The molecule has 140 valence electrons. The molecule has 0 aliphatic heterocycles. The van der Waals surface area contributed by atoms with Gasteiger partial charge in [0.2, 0.25) is 0 Å². The molecule has 0 radical (unpaired) electrons. The Labute approximate surface area is 140 Å². The SMILES string of the molecule is CC(=O)c1c(OS(=O)(=O)C(F)(F)F)cc(CC(=O)OC(C)C)[nH]c1=O. The van der Waals surface area contributed by atoms with Gasteiger partial charge in [-0.1, -0.05) is 0 Å². The normalized spacial score (nSPS) is 12.1. The van der Waals surface area contributed by atoms with Crippen LogP contribution in [-0.4, -0.2) is 36.8 Å². The number of Topliss-reactive ketones (excluding diaryl/α,β-unsaturated/α-hetero) is 1. The van der Waals surface area contributed by atoms with E-state index in [1.165, 1.54) is 0 Å². The number of carbonyl (C=O) groups is 2. The lowest BCUT2D eigenvalue weighted by Crippen LogP contribution is -2.30. The molecule has 0 amide bonds. The van der Waals surface area contributed by atoms with Gasteiger partial charge in [-0.2, -0.15) is 21.6 Å². The van der Waals surface area contributed by atoms with E-state index in [2.05, 4.69) is 9.17 Å². The first kappa shape index (κ1) is 20.7. The number of esters is 1. The standard InChI is InChI=1S/C13H14F3NO7S/c1-6(2)23-10(19)5-8-4-9(11(7(3)18)12(20)17-8)24-25(21,22)13(14,15)16/h4,6H,5H2,1-3H3,(H,17,20). The van der Waals surface area contributed by atoms with E-state index in [1.54, 1.807) is 13.8 Å². The van der Waals surface area contributed by atoms with Gasteiger partial charge < -0.3 is 13.9 Å². The van der Waals surface area contributed by atoms with E-state index in [0.29, 0.717) is 6.07 Å². The first-order chi connectivity index (χ1) is 11.2. The number of halogens is 3. The third-order valence-electron chi connectivity index (χ3n) is 2.59. The minimum Gasteiger partial charge on any atom is -0.463 e. The third-order valence-corrected chi connectivity index (χ3v) is 3.56. The fraction of sp³-hybridized carbons (Fsp3) is 0.462. The van der Waals surface area contributed by atoms with Crippen LogP contribution in [0.25, 0.3) is 0 Å². The van der Waals surface area contributed by atoms with Gasteiger partial charge in [0, 0.05) is 11.8 Å². The highest BCUT2D eigenvalue weighted by Gasteiger charge is 2.49. The van der Waals surface area contributed by atoms with E-state index in [0.717, 1.165) is 6.92 Å². The Morgan fingerprint density at radius 1 is 1.28 bits per heavy atom. The Bertz CT molecular complexity index is 840. The highest BCUT2D eigenvalue weighted by atomic mass is 32.2. The maximum Gasteiger partial charge on any atom is 0.534 e. The largest absolute Gasteiger partial charge is 0.534 e. The van der Waals surface area contributed by atoms with Crippen LogP contribution in [0.5, 0.6) is 5.75 Å². The molecule has 12 heteroatoms. The minimum atomic E-state index is -6.11. The summed E-state index contributed by atoms with van der Waals surface area (Å²) in [5.74, 6) is -2.98. The molecular formula is C13H14F3NO7S. The Hall–Kier alpha value is -2.37. The van der Waals surface area contributed by atoms with Crippen LogP contribution in [0.4, 0.5) is 13.2 Å². The molecule has 8 nitrogen and oxygen atoms in total. The lowest BCUT2D eigenvalue weighted by atomic mass is 10.1. The fourth-order valence-corrected chi connectivity index (χ4v) is 2.17. The number of carbonyl (C=O) groups excluding carboxylic acids is 2. The zero-order valence-electron chi connectivity index (χ0n) is 13.3. The number of aromatic amines is 1. The molecule has 1 heterocycles. The number of pyridine rings is 1. The van der Waals surface area contributed by atoms with Crippen molar-refractivity contribution in [3.63, 3.8) is 0 Å². The van der Waals surface area contributed by atoms with Crippen LogP contribution >= 0.6 is 0 Å². The fourth-order valence-electron chi connectivity index (χ4n) is 1.71. The molecule has 0 unspecified atom stereocenters. The minimum absolute atomic E-state index is 0.284. The molecule has 0 spiro atoms. The van der Waals surface area contributed by atoms with Gasteiger partial charge in [0.25, 0.3) is 5.56 Å². The Morgan fingerprint density at radius 3 is 2.28 bits per heavy atom. The lowest BCUT2D eigenvalue weighted by molar-refractivity contribution is -0.146. The van der Waals surface area contributed by atoms with E-state index in [1.807, 2.05) is 0 Å². The van der Waals surface area contributed by atoms with Crippen LogP contribution in [0, 0.1) is 0 Å². The number of hydrogen-bond donors (Lipinski definition) is 1. The van der Waals surface area contributed by atoms with Crippen molar-refractivity contribution in [2.24, 2.45) is 0 Å². The van der Waals surface area contributed by atoms with Gasteiger partial charge >= 0.3 is 21.6 Å². The average Bonchev–Trinajstić information content (AvgIpc) is 2.33. The summed E-state index contributed by atoms with van der Waals surface area (Å²) in [6.45, 7) is 3.93. The summed E-state index contributed by atoms with van der Waals surface area (Å²) in [7, 11) is -6.11. The monoisotopic (exact) mass is 385 g/mol. The number of H-pyrrole nitrogens is 1. The molecule has 0 aliphatic carbocycles. The predicted octanol–water partition coefficient (Wildman–Crippen LogP) is 1.30. The van der Waals surface area contributed by atoms with Crippen LogP contribution in [0.15, 0.2) is 10.9 Å². The van der Waals surface area contributed by atoms with Crippen LogP contribution in [0.2, 0.25) is 0 Å². The molecule has 1 aromatic heterocycles. The van der Waals surface area contributed by atoms with E-state index in [-0.39, 0.29) is 5.69 Å². The van der Waals surface area contributed by atoms with Crippen molar-refractivity contribution in [3.05, 3.63) is 27.7 Å². The number of ether oxygens (including phenoxy) is 1. The molecule has 0 atom stereocenters. The van der Waals surface area contributed by atoms with Crippen LogP contribution in [0.3, 0.4) is 0 Å². The maximum atomic E-state index is 12.4. The molecule has 1 rings (SSSR count). The molecule has 1 N–H and O–H groups in total. The van der Waals surface area contributed by atoms with E-state index < -0.39 is 56.8 Å². The quantitative estimate of drug-likeness (QED) is 0.339. The predicted molar refractivity (Wildman–Crippen MR) is 77.6 cm³/mol. The number of alkyl halides is 3. The van der Waals surface area contributed by atoms with Gasteiger partial charge in [0.05, 0.1) is 12.5 Å². The molecular weight excluding hydrogens is 371 g/mol. The van der Waals surface area contributed by atoms with Gasteiger partial charge in [-0.05, 0) is 20.8 Å². The summed E-state index contributed by atoms with van der Waals surface area (Å²) in [5.41, 5.74) is -8.17. The highest BCUT2D eigenvalue weighted by molar-refractivity contribution is 7.88. The highest BCUT2D eigenvalue weighted by Crippen LogP contribution is 2.28. The van der Waals surface area contributed by atoms with Crippen LogP contribution in [-0.2, 0) is 26.1 Å². The van der Waals surface area contributed by atoms with E-state index >= 15 is 0 Å². The van der Waals surface area contributed by atoms with Gasteiger partial charge in [-0.25, -0.2) is 0 Å². The molecule has 0 saturated carbocycles. The summed E-state index contributed by atoms with van der Waals surface area (Å²) in [6, 6.07) is 0.656. The number of rotatable bonds is 6. The number of nitrogens with one attached hydrogen (secondary N) is 1. The van der Waals surface area contributed by atoms with E-state index in [4.69, 9.17) is 4.74 Å². The molecule has 0 saturated heterocycles. The number of ketones is 1. The number of aromatic nitrogens is 1. The van der Waals surface area contributed by atoms with Gasteiger partial charge in [0.1, 0.15) is 5.56 Å². The summed E-state index contributed by atoms with van der Waals surface area (Å²) in [6.07, 6.45) is -1.06. The summed E-state index contributed by atoms with van der Waals surface area (Å²) in [4.78, 5) is 36.9. The maximum absolute atomic E-state index is 12.4. The van der Waals surface area contributed by atoms with E-state index in [9.17, 15) is 36.0 Å². The molecule has 0 aromatic carbocycles. The van der Waals surface area contributed by atoms with Crippen molar-refractivity contribution in [3.8, 4) is 5.75 Å². The molecule has 0 aliphatic rings. The lowest BCUT2D eigenvalue weighted by Gasteiger charge is -2.13. The average molecular weight is 385 g/mol. The Morgan fingerprint density at radius 2 is 1.84 bits per heavy atom. The number of hydrogen-bond acceptors (Lipinski definition) is 7. The topological polar surface area (TPSA) is 120 Å². The first-order valence-electron chi connectivity index (χ1n) is 6.72. The zero-order valence-corrected chi connectivity index (χ0v) is 14.1. The molecule has 0 fully saturated rings. The van der Waals surface area contributed by atoms with Gasteiger partial charge in [-0.15, -0.1) is 0 Å². The van der Waals surface area contributed by atoms with Crippen molar-refractivity contribution in [1.82, 2.24) is 4.98 Å². The van der Waals surface area contributed by atoms with Gasteiger partial charge in [0.15, 0.2) is 11.5 Å². The second-order valence-electron chi connectivity index (χ2n) is 5.12. The van der Waals surface area contributed by atoms with Crippen LogP contribution in [0.1, 0.15) is 36.8 Å². The van der Waals surface area contributed by atoms with Crippen LogP contribution < -0.4 is 9.74 Å². The summed E-state index contributed by atoms with van der Waals surface area (Å²) < 4.78 is 68.3. The zero-order chi connectivity index (χ0) is 19.6. The van der Waals surface area contributed by atoms with Crippen molar-refractivity contribution < 1.29 is 40.1 Å². The van der Waals surface area contributed by atoms with Crippen molar-refractivity contribution in [1.29, 1.82) is 0 Å². The van der Waals surface area contributed by atoms with Crippen molar-refractivity contribution in [2.45, 2.75) is 38.8 Å². The smallest absolute Gasteiger partial charge is 0.463 e. The second kappa shape index (κ2) is 7.25. The van der Waals surface area contributed by atoms with Gasteiger partial charge in [-0.3, -0.25) is 14.4 Å². The van der Waals surface area contributed by atoms with Crippen molar-refractivity contribution >= 4 is 21.9 Å². The molecule has 0 bridgehead atoms. The second-order valence-corrected chi connectivity index (χ2v) is 6.66. The van der Waals surface area contributed by atoms with Crippen molar-refractivity contribution in [2.75, 3.05) is 0 Å². The summed E-state index contributed by atoms with van der Waals surface area (Å²) in [5, 5.41) is 0. The first-order valence-corrected chi connectivity index (χ1v) is 8.12.